The molecule has 2 aromatic heterocycles. The van der Waals surface area contributed by atoms with E-state index in [-0.39, 0.29) is 0 Å². The number of hydrogen-bond acceptors (Lipinski definition) is 4. The second-order valence-corrected chi connectivity index (χ2v) is 6.96. The molecule has 1 aliphatic rings. The molecule has 2 heterocycles. The highest BCUT2D eigenvalue weighted by atomic mass is 16.6. The van der Waals surface area contributed by atoms with Gasteiger partial charge in [-0.2, -0.15) is 0 Å². The van der Waals surface area contributed by atoms with Crippen LogP contribution in [0, 0.1) is 6.92 Å². The fourth-order valence-corrected chi connectivity index (χ4v) is 2.33. The van der Waals surface area contributed by atoms with Crippen molar-refractivity contribution in [3.05, 3.63) is 36.0 Å². The van der Waals surface area contributed by atoms with Crippen molar-refractivity contribution in [3.63, 3.8) is 0 Å². The van der Waals surface area contributed by atoms with Crippen LogP contribution >= 0.6 is 0 Å². The molecule has 6 nitrogen and oxygen atoms in total. The Morgan fingerprint density at radius 1 is 1.35 bits per heavy atom. The van der Waals surface area contributed by atoms with Gasteiger partial charge in [0, 0.05) is 24.4 Å². The van der Waals surface area contributed by atoms with Gasteiger partial charge >= 0.3 is 6.09 Å². The molecule has 1 fully saturated rings. The van der Waals surface area contributed by atoms with E-state index in [1.807, 2.05) is 44.7 Å². The van der Waals surface area contributed by atoms with Crippen LogP contribution in [0.1, 0.15) is 50.8 Å². The van der Waals surface area contributed by atoms with E-state index >= 15 is 0 Å². The van der Waals surface area contributed by atoms with E-state index in [9.17, 15) is 4.79 Å². The zero-order valence-electron chi connectivity index (χ0n) is 14.0. The summed E-state index contributed by atoms with van der Waals surface area (Å²) in [7, 11) is 0. The fraction of sp³-hybridized carbons (Fsp3) is 0.471. The molecule has 1 amide bonds. The van der Waals surface area contributed by atoms with Crippen molar-refractivity contribution in [1.29, 1.82) is 0 Å². The lowest BCUT2D eigenvalue weighted by molar-refractivity contribution is 0.0635. The van der Waals surface area contributed by atoms with E-state index in [2.05, 4.69) is 21.5 Å². The summed E-state index contributed by atoms with van der Waals surface area (Å²) in [6.45, 7) is 7.46. The van der Waals surface area contributed by atoms with Crippen molar-refractivity contribution in [2.45, 2.75) is 52.1 Å². The SMILES string of the molecule is Cc1cnc(NC(=O)OC(C)(C)C)cc1-n1cnc(C2CC2)c1. The van der Waals surface area contributed by atoms with Gasteiger partial charge in [-0.15, -0.1) is 0 Å². The zero-order valence-corrected chi connectivity index (χ0v) is 14.0. The first-order valence-electron chi connectivity index (χ1n) is 7.83. The monoisotopic (exact) mass is 314 g/mol. The first kappa shape index (κ1) is 15.5. The van der Waals surface area contributed by atoms with E-state index in [4.69, 9.17) is 4.74 Å². The fourth-order valence-electron chi connectivity index (χ4n) is 2.33. The molecule has 2 aromatic rings. The Balaban J connectivity index is 1.79. The summed E-state index contributed by atoms with van der Waals surface area (Å²) in [5, 5.41) is 2.67. The van der Waals surface area contributed by atoms with Gasteiger partial charge in [0.2, 0.25) is 0 Å². The summed E-state index contributed by atoms with van der Waals surface area (Å²) in [6, 6.07) is 1.83. The average Bonchev–Trinajstić information content (AvgIpc) is 3.17. The standard InChI is InChI=1S/C17H22N4O2/c1-11-8-18-15(20-16(22)23-17(2,3)4)7-14(11)21-9-13(19-10-21)12-5-6-12/h7-10,12H,5-6H2,1-4H3,(H,18,20,22). The van der Waals surface area contributed by atoms with Crippen LogP contribution in [0.25, 0.3) is 5.69 Å². The minimum atomic E-state index is -0.541. The topological polar surface area (TPSA) is 69.0 Å². The Bertz CT molecular complexity index is 726. The molecular formula is C17H22N4O2. The van der Waals surface area contributed by atoms with Gasteiger partial charge in [0.15, 0.2) is 0 Å². The van der Waals surface area contributed by atoms with Crippen molar-refractivity contribution in [2.24, 2.45) is 0 Å². The molecule has 0 aromatic carbocycles. The van der Waals surface area contributed by atoms with Crippen LogP contribution in [-0.2, 0) is 4.74 Å². The molecule has 0 atom stereocenters. The molecule has 122 valence electrons. The predicted molar refractivity (Wildman–Crippen MR) is 87.9 cm³/mol. The highest BCUT2D eigenvalue weighted by Gasteiger charge is 2.26. The third-order valence-electron chi connectivity index (χ3n) is 3.58. The number of ether oxygens (including phenoxy) is 1. The Morgan fingerprint density at radius 2 is 2.09 bits per heavy atom. The maximum atomic E-state index is 11.9. The normalized spacial score (nSPS) is 14.6. The molecule has 0 unspecified atom stereocenters. The number of anilines is 1. The number of rotatable bonds is 3. The van der Waals surface area contributed by atoms with Gasteiger partial charge in [-0.05, 0) is 46.1 Å². The van der Waals surface area contributed by atoms with Crippen molar-refractivity contribution in [3.8, 4) is 5.69 Å². The summed E-state index contributed by atoms with van der Waals surface area (Å²) in [4.78, 5) is 20.6. The second-order valence-electron chi connectivity index (χ2n) is 6.96. The maximum absolute atomic E-state index is 11.9. The summed E-state index contributed by atoms with van der Waals surface area (Å²) < 4.78 is 7.23. The Labute approximate surface area is 135 Å². The number of nitrogens with zero attached hydrogens (tertiary/aromatic N) is 3. The van der Waals surface area contributed by atoms with Gasteiger partial charge in [-0.25, -0.2) is 14.8 Å². The minimum absolute atomic E-state index is 0.460. The van der Waals surface area contributed by atoms with Crippen molar-refractivity contribution >= 4 is 11.9 Å². The van der Waals surface area contributed by atoms with Crippen LogP contribution in [0.5, 0.6) is 0 Å². The molecular weight excluding hydrogens is 292 g/mol. The van der Waals surface area contributed by atoms with Gasteiger partial charge in [0.1, 0.15) is 11.4 Å². The minimum Gasteiger partial charge on any atom is -0.444 e. The van der Waals surface area contributed by atoms with Gasteiger partial charge in [0.05, 0.1) is 17.7 Å². The number of aryl methyl sites for hydroxylation is 1. The molecule has 1 saturated carbocycles. The van der Waals surface area contributed by atoms with Gasteiger partial charge < -0.3 is 9.30 Å². The van der Waals surface area contributed by atoms with E-state index in [0.29, 0.717) is 11.7 Å². The zero-order chi connectivity index (χ0) is 16.6. The number of hydrogen-bond donors (Lipinski definition) is 1. The molecule has 1 aliphatic carbocycles. The smallest absolute Gasteiger partial charge is 0.413 e. The number of carbonyl (C=O) groups is 1. The number of aromatic nitrogens is 3. The lowest BCUT2D eigenvalue weighted by Crippen LogP contribution is -2.27. The third kappa shape index (κ3) is 3.88. The van der Waals surface area contributed by atoms with Crippen LogP contribution in [0.15, 0.2) is 24.8 Å². The lowest BCUT2D eigenvalue weighted by Gasteiger charge is -2.19. The molecule has 0 aliphatic heterocycles. The van der Waals surface area contributed by atoms with Crippen LogP contribution in [-0.4, -0.2) is 26.2 Å². The molecule has 6 heteroatoms. The van der Waals surface area contributed by atoms with Gasteiger partial charge in [-0.3, -0.25) is 5.32 Å². The van der Waals surface area contributed by atoms with Crippen LogP contribution in [0.2, 0.25) is 0 Å². The molecule has 0 spiro atoms. The largest absolute Gasteiger partial charge is 0.444 e. The van der Waals surface area contributed by atoms with E-state index in [1.54, 1.807) is 6.20 Å². The number of nitrogens with one attached hydrogen (secondary N) is 1. The number of amides is 1. The summed E-state index contributed by atoms with van der Waals surface area (Å²) in [5.74, 6) is 1.07. The Hall–Kier alpha value is -2.37. The molecule has 0 radical (unpaired) electrons. The molecule has 23 heavy (non-hydrogen) atoms. The van der Waals surface area contributed by atoms with Crippen molar-refractivity contribution in [2.75, 3.05) is 5.32 Å². The van der Waals surface area contributed by atoms with E-state index in [0.717, 1.165) is 16.9 Å². The molecule has 0 saturated heterocycles. The first-order chi connectivity index (χ1) is 10.8. The van der Waals surface area contributed by atoms with E-state index in [1.165, 1.54) is 12.8 Å². The van der Waals surface area contributed by atoms with Crippen LogP contribution in [0.4, 0.5) is 10.6 Å². The Kier molecular flexibility index (Phi) is 3.83. The van der Waals surface area contributed by atoms with Crippen molar-refractivity contribution in [1.82, 2.24) is 14.5 Å². The molecule has 3 rings (SSSR count). The van der Waals surface area contributed by atoms with Gasteiger partial charge in [0.25, 0.3) is 0 Å². The number of imidazole rings is 1. The van der Waals surface area contributed by atoms with Crippen molar-refractivity contribution < 1.29 is 9.53 Å². The highest BCUT2D eigenvalue weighted by Crippen LogP contribution is 2.39. The summed E-state index contributed by atoms with van der Waals surface area (Å²) in [5.41, 5.74) is 2.55. The third-order valence-corrected chi connectivity index (χ3v) is 3.58. The molecule has 0 bridgehead atoms. The van der Waals surface area contributed by atoms with Crippen LogP contribution in [0.3, 0.4) is 0 Å². The Morgan fingerprint density at radius 3 is 2.74 bits per heavy atom. The first-order valence-corrected chi connectivity index (χ1v) is 7.83. The molecule has 1 N–H and O–H groups in total. The maximum Gasteiger partial charge on any atom is 0.413 e. The summed E-state index contributed by atoms with van der Waals surface area (Å²) in [6.07, 6.45) is 7.53. The predicted octanol–water partition coefficient (Wildman–Crippen LogP) is 3.80. The second kappa shape index (κ2) is 5.68. The average molecular weight is 314 g/mol. The highest BCUT2D eigenvalue weighted by molar-refractivity contribution is 5.84. The number of pyridine rings is 1. The quantitative estimate of drug-likeness (QED) is 0.935. The van der Waals surface area contributed by atoms with Gasteiger partial charge in [-0.1, -0.05) is 0 Å². The number of carbonyl (C=O) groups excluding carboxylic acids is 1. The van der Waals surface area contributed by atoms with Crippen LogP contribution < -0.4 is 5.32 Å². The lowest BCUT2D eigenvalue weighted by atomic mass is 10.2. The summed E-state index contributed by atoms with van der Waals surface area (Å²) >= 11 is 0. The van der Waals surface area contributed by atoms with E-state index < -0.39 is 11.7 Å².